The molecule has 8 nitrogen and oxygen atoms in total. The van der Waals surface area contributed by atoms with Gasteiger partial charge in [0.1, 0.15) is 0 Å². The number of imidazole rings is 1. The number of rotatable bonds is 4. The van der Waals surface area contributed by atoms with Crippen molar-refractivity contribution in [1.29, 1.82) is 0 Å². The van der Waals surface area contributed by atoms with E-state index < -0.39 is 21.7 Å². The Balaban J connectivity index is 2.28. The third kappa shape index (κ3) is 3.26. The molecule has 0 fully saturated rings. The SMILES string of the molecule is CS(=O)(=O)c1cccc(NC(=O)c2nc[nH]c2C(=O)O)c1. The van der Waals surface area contributed by atoms with Crippen LogP contribution in [0.3, 0.4) is 0 Å². The van der Waals surface area contributed by atoms with E-state index in [2.05, 4.69) is 15.3 Å². The first kappa shape index (κ1) is 14.7. The molecule has 1 amide bonds. The molecule has 0 aliphatic carbocycles. The summed E-state index contributed by atoms with van der Waals surface area (Å²) in [5.41, 5.74) is -0.402. The third-order valence-electron chi connectivity index (χ3n) is 2.59. The van der Waals surface area contributed by atoms with Gasteiger partial charge in [-0.05, 0) is 18.2 Å². The average Bonchev–Trinajstić information content (AvgIpc) is 2.87. The Morgan fingerprint density at radius 2 is 2.05 bits per heavy atom. The Hall–Kier alpha value is -2.68. The number of benzene rings is 1. The summed E-state index contributed by atoms with van der Waals surface area (Å²) in [5.74, 6) is -2.07. The highest BCUT2D eigenvalue weighted by atomic mass is 32.2. The summed E-state index contributed by atoms with van der Waals surface area (Å²) in [6.45, 7) is 0. The van der Waals surface area contributed by atoms with E-state index >= 15 is 0 Å². The molecule has 3 N–H and O–H groups in total. The second kappa shape index (κ2) is 5.37. The average molecular weight is 309 g/mol. The predicted molar refractivity (Wildman–Crippen MR) is 73.1 cm³/mol. The number of hydrogen-bond donors (Lipinski definition) is 3. The van der Waals surface area contributed by atoms with Gasteiger partial charge in [-0.1, -0.05) is 6.07 Å². The molecule has 0 unspecified atom stereocenters. The number of hydrogen-bond acceptors (Lipinski definition) is 5. The molecular formula is C12H11N3O5S. The smallest absolute Gasteiger partial charge is 0.354 e. The van der Waals surface area contributed by atoms with Crippen LogP contribution in [0.4, 0.5) is 5.69 Å². The fourth-order valence-corrected chi connectivity index (χ4v) is 2.29. The number of H-pyrrole nitrogens is 1. The molecule has 9 heteroatoms. The van der Waals surface area contributed by atoms with Gasteiger partial charge in [0.25, 0.3) is 5.91 Å². The van der Waals surface area contributed by atoms with E-state index in [9.17, 15) is 18.0 Å². The van der Waals surface area contributed by atoms with Crippen LogP contribution in [0.5, 0.6) is 0 Å². The van der Waals surface area contributed by atoms with Gasteiger partial charge in [0.15, 0.2) is 21.2 Å². The van der Waals surface area contributed by atoms with Gasteiger partial charge < -0.3 is 15.4 Å². The molecule has 0 saturated carbocycles. The lowest BCUT2D eigenvalue weighted by Crippen LogP contribution is -2.16. The normalized spacial score (nSPS) is 11.1. The topological polar surface area (TPSA) is 129 Å². The van der Waals surface area contributed by atoms with Crippen LogP contribution < -0.4 is 5.32 Å². The van der Waals surface area contributed by atoms with Crippen molar-refractivity contribution >= 4 is 27.4 Å². The van der Waals surface area contributed by atoms with Gasteiger partial charge in [-0.2, -0.15) is 0 Å². The van der Waals surface area contributed by atoms with Gasteiger partial charge >= 0.3 is 5.97 Å². The van der Waals surface area contributed by atoms with Crippen molar-refractivity contribution in [2.45, 2.75) is 4.90 Å². The zero-order valence-electron chi connectivity index (χ0n) is 10.8. The van der Waals surface area contributed by atoms with Gasteiger partial charge in [-0.15, -0.1) is 0 Å². The third-order valence-corrected chi connectivity index (χ3v) is 3.70. The van der Waals surface area contributed by atoms with Gasteiger partial charge in [0.2, 0.25) is 0 Å². The van der Waals surface area contributed by atoms with E-state index in [-0.39, 0.29) is 22.0 Å². The van der Waals surface area contributed by atoms with Crippen LogP contribution in [-0.2, 0) is 9.84 Å². The predicted octanol–water partition coefficient (Wildman–Crippen LogP) is 0.764. The van der Waals surface area contributed by atoms with Gasteiger partial charge in [-0.3, -0.25) is 4.79 Å². The van der Waals surface area contributed by atoms with Crippen LogP contribution in [0.15, 0.2) is 35.5 Å². The minimum absolute atomic E-state index is 0.0424. The van der Waals surface area contributed by atoms with Crippen LogP contribution in [0.2, 0.25) is 0 Å². The molecule has 1 heterocycles. The van der Waals surface area contributed by atoms with E-state index in [4.69, 9.17) is 5.11 Å². The number of carboxylic acid groups (broad SMARTS) is 1. The lowest BCUT2D eigenvalue weighted by atomic mass is 10.2. The van der Waals surface area contributed by atoms with Crippen molar-refractivity contribution in [2.75, 3.05) is 11.6 Å². The number of sulfone groups is 1. The molecule has 1 aromatic carbocycles. The number of aromatic carboxylic acids is 1. The number of aromatic amines is 1. The Labute approximate surface area is 119 Å². The summed E-state index contributed by atoms with van der Waals surface area (Å²) in [6, 6.07) is 5.62. The lowest BCUT2D eigenvalue weighted by Gasteiger charge is -2.05. The number of anilines is 1. The summed E-state index contributed by atoms with van der Waals surface area (Å²) in [4.78, 5) is 28.9. The molecule has 0 saturated heterocycles. The second-order valence-electron chi connectivity index (χ2n) is 4.19. The lowest BCUT2D eigenvalue weighted by molar-refractivity contribution is 0.0686. The summed E-state index contributed by atoms with van der Waals surface area (Å²) in [5, 5.41) is 11.3. The first-order valence-electron chi connectivity index (χ1n) is 5.67. The van der Waals surface area contributed by atoms with Crippen LogP contribution in [0.1, 0.15) is 21.0 Å². The van der Waals surface area contributed by atoms with Crippen molar-refractivity contribution in [1.82, 2.24) is 9.97 Å². The molecular weight excluding hydrogens is 298 g/mol. The highest BCUT2D eigenvalue weighted by Crippen LogP contribution is 2.16. The van der Waals surface area contributed by atoms with Gasteiger partial charge in [-0.25, -0.2) is 18.2 Å². The van der Waals surface area contributed by atoms with Crippen molar-refractivity contribution in [3.8, 4) is 0 Å². The maximum Gasteiger partial charge on any atom is 0.354 e. The fourth-order valence-electron chi connectivity index (χ4n) is 1.62. The molecule has 0 atom stereocenters. The van der Waals surface area contributed by atoms with Crippen molar-refractivity contribution in [3.63, 3.8) is 0 Å². The molecule has 2 aromatic rings. The number of nitrogens with zero attached hydrogens (tertiary/aromatic N) is 1. The van der Waals surface area contributed by atoms with E-state index in [1.165, 1.54) is 24.3 Å². The van der Waals surface area contributed by atoms with E-state index in [0.29, 0.717) is 0 Å². The zero-order valence-corrected chi connectivity index (χ0v) is 11.6. The molecule has 110 valence electrons. The zero-order chi connectivity index (χ0) is 15.6. The summed E-state index contributed by atoms with van der Waals surface area (Å²) in [6.07, 6.45) is 2.13. The van der Waals surface area contributed by atoms with Crippen molar-refractivity contribution in [2.24, 2.45) is 0 Å². The van der Waals surface area contributed by atoms with Crippen LogP contribution in [0, 0.1) is 0 Å². The Kier molecular flexibility index (Phi) is 3.76. The first-order chi connectivity index (χ1) is 9.79. The highest BCUT2D eigenvalue weighted by molar-refractivity contribution is 7.90. The standard InChI is InChI=1S/C12H11N3O5S/c1-21(19,20)8-4-2-3-7(5-8)15-11(16)9-10(12(17)18)14-6-13-9/h2-6H,1H3,(H,13,14)(H,15,16)(H,17,18). The van der Waals surface area contributed by atoms with Gasteiger partial charge in [0.05, 0.1) is 11.2 Å². The van der Waals surface area contributed by atoms with Crippen LogP contribution in [-0.4, -0.2) is 41.6 Å². The second-order valence-corrected chi connectivity index (χ2v) is 6.20. The molecule has 2 rings (SSSR count). The molecule has 0 radical (unpaired) electrons. The number of carbonyl (C=O) groups is 2. The number of carboxylic acids is 1. The Morgan fingerprint density at radius 3 is 2.67 bits per heavy atom. The molecule has 0 spiro atoms. The molecule has 21 heavy (non-hydrogen) atoms. The largest absolute Gasteiger partial charge is 0.477 e. The fraction of sp³-hybridized carbons (Fsp3) is 0.0833. The van der Waals surface area contributed by atoms with Crippen molar-refractivity contribution in [3.05, 3.63) is 42.0 Å². The van der Waals surface area contributed by atoms with E-state index in [1.54, 1.807) is 0 Å². The van der Waals surface area contributed by atoms with Gasteiger partial charge in [0, 0.05) is 11.9 Å². The number of nitrogens with one attached hydrogen (secondary N) is 2. The van der Waals surface area contributed by atoms with E-state index in [1.807, 2.05) is 0 Å². The molecule has 0 aliphatic rings. The highest BCUT2D eigenvalue weighted by Gasteiger charge is 2.20. The minimum Gasteiger partial charge on any atom is -0.477 e. The van der Waals surface area contributed by atoms with Crippen LogP contribution >= 0.6 is 0 Å². The van der Waals surface area contributed by atoms with Crippen LogP contribution in [0.25, 0.3) is 0 Å². The van der Waals surface area contributed by atoms with Crippen molar-refractivity contribution < 1.29 is 23.1 Å². The number of amides is 1. The number of carbonyl (C=O) groups excluding carboxylic acids is 1. The quantitative estimate of drug-likeness (QED) is 0.764. The minimum atomic E-state index is -3.40. The Morgan fingerprint density at radius 1 is 1.33 bits per heavy atom. The summed E-state index contributed by atoms with van der Waals surface area (Å²) >= 11 is 0. The maximum atomic E-state index is 12.0. The molecule has 1 aromatic heterocycles. The molecule has 0 aliphatic heterocycles. The summed E-state index contributed by atoms with van der Waals surface area (Å²) in [7, 11) is -3.40. The summed E-state index contributed by atoms with van der Waals surface area (Å²) < 4.78 is 22.9. The first-order valence-corrected chi connectivity index (χ1v) is 7.56. The number of aromatic nitrogens is 2. The monoisotopic (exact) mass is 309 g/mol. The Bertz CT molecular complexity index is 810. The van der Waals surface area contributed by atoms with E-state index in [0.717, 1.165) is 12.6 Å². The molecule has 0 bridgehead atoms. The maximum absolute atomic E-state index is 12.0.